The van der Waals surface area contributed by atoms with Gasteiger partial charge in [-0.15, -0.1) is 0 Å². The summed E-state index contributed by atoms with van der Waals surface area (Å²) in [4.78, 5) is 12.2. The number of methoxy groups -OCH3 is 1. The summed E-state index contributed by atoms with van der Waals surface area (Å²) in [5.41, 5.74) is 0.439. The van der Waals surface area contributed by atoms with Crippen LogP contribution in [0.2, 0.25) is 0 Å². The zero-order valence-electron chi connectivity index (χ0n) is 12.8. The van der Waals surface area contributed by atoms with Crippen molar-refractivity contribution in [1.29, 1.82) is 0 Å². The topological polar surface area (TPSA) is 98.5 Å². The van der Waals surface area contributed by atoms with Crippen LogP contribution in [0.25, 0.3) is 0 Å². The summed E-state index contributed by atoms with van der Waals surface area (Å²) in [6.45, 7) is 5.94. The maximum absolute atomic E-state index is 12.3. The lowest BCUT2D eigenvalue weighted by Gasteiger charge is -2.24. The Morgan fingerprint density at radius 3 is 2.43 bits per heavy atom. The third-order valence-electron chi connectivity index (χ3n) is 3.20. The fourth-order valence-electron chi connectivity index (χ4n) is 1.67. The molecule has 0 aliphatic rings. The summed E-state index contributed by atoms with van der Waals surface area (Å²) in [6, 6.07) is 4.27. The predicted molar refractivity (Wildman–Crippen MR) is 80.4 cm³/mol. The van der Waals surface area contributed by atoms with E-state index in [1.54, 1.807) is 6.07 Å². The highest BCUT2D eigenvalue weighted by Gasteiger charge is 2.21. The lowest BCUT2D eigenvalue weighted by molar-refractivity contribution is 0.0910. The molecule has 0 unspecified atom stereocenters. The first-order valence-electron chi connectivity index (χ1n) is 6.57. The van der Waals surface area contributed by atoms with E-state index in [0.717, 1.165) is 6.42 Å². The van der Waals surface area contributed by atoms with E-state index in [1.165, 1.54) is 19.2 Å². The highest BCUT2D eigenvalue weighted by Crippen LogP contribution is 2.17. The van der Waals surface area contributed by atoms with Crippen molar-refractivity contribution in [2.45, 2.75) is 44.2 Å². The standard InChI is InChI=1S/C14H22N2O4S/c1-5-14(2,3)16-13(17)11-6-10(9-20-4)7-12(8-11)21(15,18)19/h6-8H,5,9H2,1-4H3,(H,16,17)(H2,15,18,19). The average Bonchev–Trinajstić information content (AvgIpc) is 2.37. The van der Waals surface area contributed by atoms with E-state index in [4.69, 9.17) is 9.88 Å². The van der Waals surface area contributed by atoms with E-state index in [-0.39, 0.29) is 28.5 Å². The smallest absolute Gasteiger partial charge is 0.251 e. The molecule has 0 fully saturated rings. The number of primary sulfonamides is 1. The Morgan fingerprint density at radius 2 is 1.95 bits per heavy atom. The quantitative estimate of drug-likeness (QED) is 0.829. The molecule has 1 aromatic rings. The second-order valence-electron chi connectivity index (χ2n) is 5.54. The van der Waals surface area contributed by atoms with Crippen LogP contribution in [0.3, 0.4) is 0 Å². The van der Waals surface area contributed by atoms with Crippen LogP contribution < -0.4 is 10.5 Å². The van der Waals surface area contributed by atoms with Crippen molar-refractivity contribution >= 4 is 15.9 Å². The summed E-state index contributed by atoms with van der Waals surface area (Å²) in [7, 11) is -2.39. The van der Waals surface area contributed by atoms with Crippen molar-refractivity contribution in [3.8, 4) is 0 Å². The highest BCUT2D eigenvalue weighted by atomic mass is 32.2. The van der Waals surface area contributed by atoms with Crippen LogP contribution in [0.15, 0.2) is 23.1 Å². The normalized spacial score (nSPS) is 12.2. The number of hydrogen-bond acceptors (Lipinski definition) is 4. The Bertz CT molecular complexity index is 624. The Kier molecular flexibility index (Phi) is 5.49. The lowest BCUT2D eigenvalue weighted by Crippen LogP contribution is -2.42. The number of amides is 1. The van der Waals surface area contributed by atoms with Gasteiger partial charge in [-0.3, -0.25) is 4.79 Å². The van der Waals surface area contributed by atoms with E-state index < -0.39 is 10.0 Å². The summed E-state index contributed by atoms with van der Waals surface area (Å²) in [5.74, 6) is -0.343. The molecule has 0 aliphatic carbocycles. The number of ether oxygens (including phenoxy) is 1. The van der Waals surface area contributed by atoms with Gasteiger partial charge in [-0.25, -0.2) is 13.6 Å². The third-order valence-corrected chi connectivity index (χ3v) is 4.10. The molecular formula is C14H22N2O4S. The number of nitrogens with two attached hydrogens (primary N) is 1. The van der Waals surface area contributed by atoms with Crippen molar-refractivity contribution in [3.63, 3.8) is 0 Å². The van der Waals surface area contributed by atoms with Crippen LogP contribution in [0.5, 0.6) is 0 Å². The molecule has 1 rings (SSSR count). The van der Waals surface area contributed by atoms with Gasteiger partial charge in [0.15, 0.2) is 0 Å². The molecule has 0 aliphatic heterocycles. The van der Waals surface area contributed by atoms with E-state index in [9.17, 15) is 13.2 Å². The number of sulfonamides is 1. The molecule has 0 saturated heterocycles. The van der Waals surface area contributed by atoms with Crippen LogP contribution in [0, 0.1) is 0 Å². The van der Waals surface area contributed by atoms with Gasteiger partial charge in [-0.2, -0.15) is 0 Å². The lowest BCUT2D eigenvalue weighted by atomic mass is 10.0. The van der Waals surface area contributed by atoms with Crippen LogP contribution in [-0.4, -0.2) is 27.0 Å². The van der Waals surface area contributed by atoms with E-state index >= 15 is 0 Å². The van der Waals surface area contributed by atoms with Gasteiger partial charge in [0.05, 0.1) is 11.5 Å². The number of carbonyl (C=O) groups excluding carboxylic acids is 1. The van der Waals surface area contributed by atoms with Crippen molar-refractivity contribution in [2.24, 2.45) is 5.14 Å². The number of rotatable bonds is 6. The van der Waals surface area contributed by atoms with Crippen LogP contribution in [0.4, 0.5) is 0 Å². The zero-order valence-corrected chi connectivity index (χ0v) is 13.6. The minimum absolute atomic E-state index is 0.100. The molecular weight excluding hydrogens is 292 g/mol. The maximum Gasteiger partial charge on any atom is 0.251 e. The molecule has 118 valence electrons. The average molecular weight is 314 g/mol. The molecule has 0 heterocycles. The van der Waals surface area contributed by atoms with Crippen molar-refractivity contribution < 1.29 is 17.9 Å². The van der Waals surface area contributed by atoms with Gasteiger partial charge >= 0.3 is 0 Å². The fraction of sp³-hybridized carbons (Fsp3) is 0.500. The molecule has 1 aromatic carbocycles. The first kappa shape index (κ1) is 17.6. The number of hydrogen-bond donors (Lipinski definition) is 2. The fourth-order valence-corrected chi connectivity index (χ4v) is 2.28. The van der Waals surface area contributed by atoms with Gasteiger partial charge in [-0.05, 0) is 44.0 Å². The van der Waals surface area contributed by atoms with Gasteiger partial charge in [0.2, 0.25) is 10.0 Å². The highest BCUT2D eigenvalue weighted by molar-refractivity contribution is 7.89. The first-order valence-corrected chi connectivity index (χ1v) is 8.12. The van der Waals surface area contributed by atoms with Crippen molar-refractivity contribution in [1.82, 2.24) is 5.32 Å². The Balaban J connectivity index is 3.23. The molecule has 0 atom stereocenters. The summed E-state index contributed by atoms with van der Waals surface area (Å²) >= 11 is 0. The van der Waals surface area contributed by atoms with Crippen LogP contribution in [0.1, 0.15) is 43.1 Å². The molecule has 1 amide bonds. The van der Waals surface area contributed by atoms with Gasteiger partial charge in [-0.1, -0.05) is 6.92 Å². The Labute approximate surface area is 125 Å². The Hall–Kier alpha value is -1.44. The molecule has 7 heteroatoms. The predicted octanol–water partition coefficient (Wildman–Crippen LogP) is 1.40. The molecule has 0 saturated carbocycles. The minimum Gasteiger partial charge on any atom is -0.380 e. The van der Waals surface area contributed by atoms with E-state index in [2.05, 4.69) is 5.32 Å². The first-order chi connectivity index (χ1) is 9.59. The second kappa shape index (κ2) is 6.55. The summed E-state index contributed by atoms with van der Waals surface area (Å²) < 4.78 is 28.0. The second-order valence-corrected chi connectivity index (χ2v) is 7.10. The summed E-state index contributed by atoms with van der Waals surface area (Å²) in [6.07, 6.45) is 0.749. The van der Waals surface area contributed by atoms with E-state index in [0.29, 0.717) is 5.56 Å². The molecule has 3 N–H and O–H groups in total. The van der Waals surface area contributed by atoms with Gasteiger partial charge in [0.25, 0.3) is 5.91 Å². The minimum atomic E-state index is -3.88. The van der Waals surface area contributed by atoms with E-state index in [1.807, 2.05) is 20.8 Å². The van der Waals surface area contributed by atoms with Gasteiger partial charge < -0.3 is 10.1 Å². The van der Waals surface area contributed by atoms with Crippen LogP contribution >= 0.6 is 0 Å². The monoisotopic (exact) mass is 314 g/mol. The number of benzene rings is 1. The van der Waals surface area contributed by atoms with Crippen LogP contribution in [-0.2, 0) is 21.4 Å². The molecule has 0 spiro atoms. The molecule has 21 heavy (non-hydrogen) atoms. The molecule has 0 bridgehead atoms. The number of carbonyl (C=O) groups is 1. The van der Waals surface area contributed by atoms with Gasteiger partial charge in [0.1, 0.15) is 0 Å². The zero-order chi connectivity index (χ0) is 16.3. The van der Waals surface area contributed by atoms with Crippen molar-refractivity contribution in [3.05, 3.63) is 29.3 Å². The van der Waals surface area contributed by atoms with Crippen molar-refractivity contribution in [2.75, 3.05) is 7.11 Å². The molecule has 0 aromatic heterocycles. The summed E-state index contributed by atoms with van der Waals surface area (Å²) in [5, 5.41) is 8.00. The molecule has 0 radical (unpaired) electrons. The number of nitrogens with one attached hydrogen (secondary N) is 1. The SMILES string of the molecule is CCC(C)(C)NC(=O)c1cc(COC)cc(S(N)(=O)=O)c1. The van der Waals surface area contributed by atoms with Gasteiger partial charge in [0, 0.05) is 18.2 Å². The maximum atomic E-state index is 12.3. The molecule has 6 nitrogen and oxygen atoms in total. The third kappa shape index (κ3) is 5.11. The largest absolute Gasteiger partial charge is 0.380 e. The Morgan fingerprint density at radius 1 is 1.33 bits per heavy atom.